The molecule has 2 N–H and O–H groups in total. The Labute approximate surface area is 179 Å². The summed E-state index contributed by atoms with van der Waals surface area (Å²) in [7, 11) is 4.09. The first-order valence-corrected chi connectivity index (χ1v) is 11.8. The van der Waals surface area contributed by atoms with Crippen molar-refractivity contribution in [2.24, 2.45) is 11.3 Å². The Hall–Kier alpha value is -1.30. The number of benzene rings is 1. The van der Waals surface area contributed by atoms with E-state index in [4.69, 9.17) is 9.47 Å². The number of piperidine rings is 1. The summed E-state index contributed by atoms with van der Waals surface area (Å²) in [6.07, 6.45) is 6.68. The second-order valence-electron chi connectivity index (χ2n) is 11.1. The van der Waals surface area contributed by atoms with Crippen LogP contribution in [0.2, 0.25) is 0 Å². The molecule has 0 amide bonds. The smallest absolute Gasteiger partial charge is 0.138 e. The van der Waals surface area contributed by atoms with E-state index in [2.05, 4.69) is 18.9 Å². The monoisotopic (exact) mass is 413 g/mol. The lowest BCUT2D eigenvalue weighted by Crippen LogP contribution is -2.82. The maximum Gasteiger partial charge on any atom is 0.138 e. The molecule has 1 saturated heterocycles. The minimum atomic E-state index is -0.785. The number of likely N-dealkylation sites (tertiary alicyclic amines) is 1. The lowest BCUT2D eigenvalue weighted by atomic mass is 9.33. The van der Waals surface area contributed by atoms with Crippen LogP contribution in [0.25, 0.3) is 0 Å². The minimum Gasteiger partial charge on any atom is -0.508 e. The highest BCUT2D eigenvalue weighted by molar-refractivity contribution is 5.61. The lowest BCUT2D eigenvalue weighted by Gasteiger charge is -2.74. The molecule has 6 aliphatic rings. The van der Waals surface area contributed by atoms with E-state index >= 15 is 0 Å². The van der Waals surface area contributed by atoms with Gasteiger partial charge in [0, 0.05) is 41.5 Å². The number of aromatic hydroxyl groups is 1. The van der Waals surface area contributed by atoms with Crippen molar-refractivity contribution in [1.29, 1.82) is 0 Å². The van der Waals surface area contributed by atoms with Gasteiger partial charge >= 0.3 is 0 Å². The fourth-order valence-electron chi connectivity index (χ4n) is 9.13. The summed E-state index contributed by atoms with van der Waals surface area (Å²) >= 11 is 0. The third kappa shape index (κ3) is 1.89. The molecule has 1 aromatic rings. The van der Waals surface area contributed by atoms with E-state index < -0.39 is 11.2 Å². The van der Waals surface area contributed by atoms with Gasteiger partial charge in [0.15, 0.2) is 0 Å². The van der Waals surface area contributed by atoms with Crippen LogP contribution in [0.15, 0.2) is 12.1 Å². The summed E-state index contributed by atoms with van der Waals surface area (Å²) < 4.78 is 13.3. The van der Waals surface area contributed by atoms with Crippen molar-refractivity contribution in [3.05, 3.63) is 23.3 Å². The molecule has 4 fully saturated rings. The number of likely N-dealkylation sites (N-methyl/N-ethyl adjacent to an activating group) is 1. The summed E-state index contributed by atoms with van der Waals surface area (Å²) in [5.74, 6) is 1.20. The molecule has 1 aromatic carbocycles. The Balaban J connectivity index is 1.63. The molecule has 7 rings (SSSR count). The number of hydrogen-bond acceptors (Lipinski definition) is 5. The van der Waals surface area contributed by atoms with E-state index in [1.807, 2.05) is 26.2 Å². The van der Waals surface area contributed by atoms with Gasteiger partial charge in [0.1, 0.15) is 23.2 Å². The van der Waals surface area contributed by atoms with Crippen molar-refractivity contribution in [2.45, 2.75) is 87.6 Å². The van der Waals surface area contributed by atoms with E-state index in [0.29, 0.717) is 11.8 Å². The van der Waals surface area contributed by atoms with Crippen molar-refractivity contribution in [3.8, 4) is 11.5 Å². The molecule has 4 bridgehead atoms. The quantitative estimate of drug-likeness (QED) is 0.792. The molecule has 2 aliphatic heterocycles. The summed E-state index contributed by atoms with van der Waals surface area (Å²) in [5, 5.41) is 22.1. The second kappa shape index (κ2) is 5.73. The molecule has 164 valence electrons. The van der Waals surface area contributed by atoms with Gasteiger partial charge < -0.3 is 24.6 Å². The van der Waals surface area contributed by atoms with Crippen LogP contribution in [0, 0.1) is 11.3 Å². The molecule has 7 atom stereocenters. The Morgan fingerprint density at radius 2 is 2.10 bits per heavy atom. The van der Waals surface area contributed by atoms with Gasteiger partial charge in [-0.05, 0) is 70.7 Å². The fraction of sp³-hybridized carbons (Fsp3) is 0.760. The number of fused-ring (bicyclic) bond motifs is 2. The first kappa shape index (κ1) is 19.4. The maximum atomic E-state index is 11.7. The standard InChI is InChI=1S/C25H35NO4/c1-5-6-22(2,28)18-14-23-7-8-25(18,29-4)21-24(23)9-10-26(3)19(23)12-15-11-16(27)13-17(30-21)20(15)24/h11,13,18-19,21,27-28H,5-10,12,14H2,1-4H3/t18-,19-,21-,22?,23-,24+,25-/m1/s1. The van der Waals surface area contributed by atoms with Crippen LogP contribution in [0.5, 0.6) is 11.5 Å². The molecule has 1 unspecified atom stereocenters. The number of ether oxygens (including phenoxy) is 2. The zero-order valence-electron chi connectivity index (χ0n) is 18.7. The third-order valence-corrected chi connectivity index (χ3v) is 10.1. The summed E-state index contributed by atoms with van der Waals surface area (Å²) in [6.45, 7) is 5.23. The fourth-order valence-corrected chi connectivity index (χ4v) is 9.13. The van der Waals surface area contributed by atoms with Crippen LogP contribution < -0.4 is 4.74 Å². The normalized spacial score (nSPS) is 45.0. The summed E-state index contributed by atoms with van der Waals surface area (Å²) in [5.41, 5.74) is 1.34. The topological polar surface area (TPSA) is 62.2 Å². The van der Waals surface area contributed by atoms with E-state index in [1.54, 1.807) is 0 Å². The van der Waals surface area contributed by atoms with E-state index in [0.717, 1.165) is 57.2 Å². The molecule has 30 heavy (non-hydrogen) atoms. The Kier molecular flexibility index (Phi) is 3.70. The number of rotatable bonds is 4. The number of phenolic OH excluding ortho intramolecular Hbond substituents is 1. The largest absolute Gasteiger partial charge is 0.508 e. The Bertz CT molecular complexity index is 915. The van der Waals surface area contributed by atoms with Gasteiger partial charge in [-0.3, -0.25) is 0 Å². The predicted octanol–water partition coefficient (Wildman–Crippen LogP) is 3.39. The first-order valence-electron chi connectivity index (χ1n) is 11.8. The molecule has 5 nitrogen and oxygen atoms in total. The van der Waals surface area contributed by atoms with E-state index in [1.165, 1.54) is 11.1 Å². The van der Waals surface area contributed by atoms with E-state index in [-0.39, 0.29) is 22.9 Å². The average Bonchev–Trinajstić information content (AvgIpc) is 3.05. The van der Waals surface area contributed by atoms with Crippen molar-refractivity contribution >= 4 is 0 Å². The molecule has 2 heterocycles. The number of methoxy groups -OCH3 is 1. The van der Waals surface area contributed by atoms with Gasteiger partial charge in [-0.2, -0.15) is 0 Å². The second-order valence-corrected chi connectivity index (χ2v) is 11.1. The van der Waals surface area contributed by atoms with Crippen LogP contribution >= 0.6 is 0 Å². The average molecular weight is 414 g/mol. The van der Waals surface area contributed by atoms with Crippen molar-refractivity contribution in [2.75, 3.05) is 20.7 Å². The van der Waals surface area contributed by atoms with Crippen molar-refractivity contribution in [3.63, 3.8) is 0 Å². The molecule has 4 aliphatic carbocycles. The van der Waals surface area contributed by atoms with Crippen LogP contribution in [-0.2, 0) is 16.6 Å². The van der Waals surface area contributed by atoms with Gasteiger partial charge in [0.05, 0.1) is 5.60 Å². The van der Waals surface area contributed by atoms with Gasteiger partial charge in [-0.15, -0.1) is 0 Å². The van der Waals surface area contributed by atoms with Crippen LogP contribution in [0.4, 0.5) is 0 Å². The Morgan fingerprint density at radius 1 is 1.30 bits per heavy atom. The summed E-state index contributed by atoms with van der Waals surface area (Å²) in [6, 6.07) is 4.20. The SMILES string of the molecule is CCCC(C)(O)[C@H]1C[C@@]23CC[C@]1(OC)[C@@H]1Oc4cc(O)cc5c4[C@@]12CCN(C)[C@@H]3C5. The van der Waals surface area contributed by atoms with Crippen molar-refractivity contribution in [1.82, 2.24) is 4.90 Å². The highest BCUT2D eigenvalue weighted by atomic mass is 16.6. The van der Waals surface area contributed by atoms with Crippen LogP contribution in [0.1, 0.15) is 63.5 Å². The van der Waals surface area contributed by atoms with E-state index in [9.17, 15) is 10.2 Å². The molecular weight excluding hydrogens is 378 g/mol. The molecule has 0 radical (unpaired) electrons. The number of nitrogens with zero attached hydrogens (tertiary/aromatic N) is 1. The zero-order chi connectivity index (χ0) is 21.1. The van der Waals surface area contributed by atoms with Gasteiger partial charge in [0.2, 0.25) is 0 Å². The maximum absolute atomic E-state index is 11.7. The van der Waals surface area contributed by atoms with Gasteiger partial charge in [-0.1, -0.05) is 13.3 Å². The predicted molar refractivity (Wildman–Crippen MR) is 114 cm³/mol. The zero-order valence-corrected chi connectivity index (χ0v) is 18.7. The van der Waals surface area contributed by atoms with Crippen LogP contribution in [0.3, 0.4) is 0 Å². The molecule has 0 aromatic heterocycles. The molecule has 5 heteroatoms. The minimum absolute atomic E-state index is 0.0419. The van der Waals surface area contributed by atoms with Gasteiger partial charge in [0.25, 0.3) is 0 Å². The number of hydrogen-bond donors (Lipinski definition) is 2. The lowest BCUT2D eigenvalue weighted by molar-refractivity contribution is -0.301. The number of aliphatic hydroxyl groups is 1. The van der Waals surface area contributed by atoms with Crippen LogP contribution in [-0.4, -0.2) is 59.2 Å². The van der Waals surface area contributed by atoms with Gasteiger partial charge in [-0.25, -0.2) is 0 Å². The Morgan fingerprint density at radius 3 is 2.83 bits per heavy atom. The molecular formula is C25H35NO4. The number of phenols is 1. The highest BCUT2D eigenvalue weighted by Gasteiger charge is 2.81. The van der Waals surface area contributed by atoms with Crippen molar-refractivity contribution < 1.29 is 19.7 Å². The molecule has 3 saturated carbocycles. The summed E-state index contributed by atoms with van der Waals surface area (Å²) in [4.78, 5) is 2.55. The highest BCUT2D eigenvalue weighted by Crippen LogP contribution is 2.77. The molecule has 2 spiro atoms. The first-order chi connectivity index (χ1) is 14.3. The third-order valence-electron chi connectivity index (χ3n) is 10.1.